The number of rotatable bonds is 8. The van der Waals surface area contributed by atoms with E-state index in [4.69, 9.17) is 9.84 Å². The van der Waals surface area contributed by atoms with Crippen molar-refractivity contribution in [1.29, 1.82) is 0 Å². The largest absolute Gasteiger partial charge is 0.484 e. The van der Waals surface area contributed by atoms with Crippen molar-refractivity contribution in [3.05, 3.63) is 30.1 Å². The zero-order chi connectivity index (χ0) is 15.0. The molecule has 0 radical (unpaired) electrons. The van der Waals surface area contributed by atoms with Crippen LogP contribution >= 0.6 is 0 Å². The second-order valence-corrected chi connectivity index (χ2v) is 5.51. The number of carbonyl (C=O) groups is 1. The molecule has 1 rings (SSSR count). The SMILES string of the molecule is CC(C)(CCCO)CNC(=O)COc1ccc(F)cc1. The Hall–Kier alpha value is -1.62. The average Bonchev–Trinajstić information content (AvgIpc) is 2.42. The molecular formula is C15H22FNO3. The number of nitrogens with one attached hydrogen (secondary N) is 1. The Morgan fingerprint density at radius 2 is 2.00 bits per heavy atom. The van der Waals surface area contributed by atoms with Gasteiger partial charge in [-0.3, -0.25) is 4.79 Å². The van der Waals surface area contributed by atoms with Gasteiger partial charge < -0.3 is 15.2 Å². The van der Waals surface area contributed by atoms with Crippen LogP contribution in [0, 0.1) is 11.2 Å². The van der Waals surface area contributed by atoms with Crippen molar-refractivity contribution in [3.8, 4) is 5.75 Å². The summed E-state index contributed by atoms with van der Waals surface area (Å²) in [6, 6.07) is 5.53. The number of benzene rings is 1. The number of amides is 1. The van der Waals surface area contributed by atoms with Gasteiger partial charge in [0, 0.05) is 13.2 Å². The Kier molecular flexibility index (Phi) is 6.45. The van der Waals surface area contributed by atoms with E-state index in [1.807, 2.05) is 13.8 Å². The number of aliphatic hydroxyl groups excluding tert-OH is 1. The third-order valence-electron chi connectivity index (χ3n) is 2.96. The summed E-state index contributed by atoms with van der Waals surface area (Å²) in [6.45, 7) is 4.65. The summed E-state index contributed by atoms with van der Waals surface area (Å²) in [5.41, 5.74) is -0.0612. The highest BCUT2D eigenvalue weighted by atomic mass is 19.1. The van der Waals surface area contributed by atoms with Crippen LogP contribution in [0.4, 0.5) is 4.39 Å². The monoisotopic (exact) mass is 283 g/mol. The molecule has 0 spiro atoms. The van der Waals surface area contributed by atoms with Gasteiger partial charge in [-0.2, -0.15) is 0 Å². The van der Waals surface area contributed by atoms with Gasteiger partial charge in [-0.25, -0.2) is 4.39 Å². The van der Waals surface area contributed by atoms with Gasteiger partial charge in [-0.05, 0) is 42.5 Å². The predicted molar refractivity (Wildman–Crippen MR) is 75.0 cm³/mol. The fraction of sp³-hybridized carbons (Fsp3) is 0.533. The van der Waals surface area contributed by atoms with Crippen molar-refractivity contribution < 1.29 is 19.0 Å². The molecule has 0 saturated carbocycles. The van der Waals surface area contributed by atoms with Crippen LogP contribution in [0.5, 0.6) is 5.75 Å². The third-order valence-corrected chi connectivity index (χ3v) is 2.96. The molecule has 0 aliphatic carbocycles. The van der Waals surface area contributed by atoms with Gasteiger partial charge in [-0.15, -0.1) is 0 Å². The van der Waals surface area contributed by atoms with Crippen LogP contribution < -0.4 is 10.1 Å². The Bertz CT molecular complexity index is 418. The molecule has 0 aliphatic rings. The van der Waals surface area contributed by atoms with E-state index in [2.05, 4.69) is 5.32 Å². The number of hydrogen-bond acceptors (Lipinski definition) is 3. The highest BCUT2D eigenvalue weighted by Gasteiger charge is 2.18. The Morgan fingerprint density at radius 3 is 2.60 bits per heavy atom. The van der Waals surface area contributed by atoms with E-state index in [0.29, 0.717) is 12.3 Å². The number of carbonyl (C=O) groups excluding carboxylic acids is 1. The van der Waals surface area contributed by atoms with Gasteiger partial charge >= 0.3 is 0 Å². The lowest BCUT2D eigenvalue weighted by molar-refractivity contribution is -0.123. The smallest absolute Gasteiger partial charge is 0.257 e. The molecule has 0 unspecified atom stereocenters. The highest BCUT2D eigenvalue weighted by molar-refractivity contribution is 5.77. The molecule has 4 nitrogen and oxygen atoms in total. The lowest BCUT2D eigenvalue weighted by Gasteiger charge is -2.24. The lowest BCUT2D eigenvalue weighted by atomic mass is 9.88. The van der Waals surface area contributed by atoms with E-state index in [-0.39, 0.29) is 30.4 Å². The number of halogens is 1. The van der Waals surface area contributed by atoms with E-state index >= 15 is 0 Å². The summed E-state index contributed by atoms with van der Waals surface area (Å²) >= 11 is 0. The summed E-state index contributed by atoms with van der Waals surface area (Å²) in [6.07, 6.45) is 1.55. The molecule has 0 saturated heterocycles. The van der Waals surface area contributed by atoms with E-state index in [1.54, 1.807) is 0 Å². The van der Waals surface area contributed by atoms with Gasteiger partial charge in [0.25, 0.3) is 5.91 Å². The molecule has 0 heterocycles. The lowest BCUT2D eigenvalue weighted by Crippen LogP contribution is -2.36. The molecule has 0 aliphatic heterocycles. The second-order valence-electron chi connectivity index (χ2n) is 5.51. The first kappa shape index (κ1) is 16.4. The van der Waals surface area contributed by atoms with Crippen LogP contribution in [0.3, 0.4) is 0 Å². The molecular weight excluding hydrogens is 261 g/mol. The molecule has 1 amide bonds. The van der Waals surface area contributed by atoms with Crippen LogP contribution in [0.1, 0.15) is 26.7 Å². The minimum absolute atomic E-state index is 0.0612. The zero-order valence-electron chi connectivity index (χ0n) is 12.0. The van der Waals surface area contributed by atoms with E-state index in [9.17, 15) is 9.18 Å². The predicted octanol–water partition coefficient (Wildman–Crippen LogP) is 2.12. The Labute approximate surface area is 119 Å². The summed E-state index contributed by atoms with van der Waals surface area (Å²) in [5.74, 6) is -0.0973. The first-order valence-electron chi connectivity index (χ1n) is 6.69. The summed E-state index contributed by atoms with van der Waals surface area (Å²) in [4.78, 5) is 11.6. The van der Waals surface area contributed by atoms with Gasteiger partial charge in [0.2, 0.25) is 0 Å². The van der Waals surface area contributed by atoms with Crippen LogP contribution in [-0.4, -0.2) is 30.8 Å². The van der Waals surface area contributed by atoms with Crippen molar-refractivity contribution >= 4 is 5.91 Å². The average molecular weight is 283 g/mol. The minimum atomic E-state index is -0.340. The van der Waals surface area contributed by atoms with Crippen LogP contribution in [0.15, 0.2) is 24.3 Å². The molecule has 0 aromatic heterocycles. The van der Waals surface area contributed by atoms with Gasteiger partial charge in [0.1, 0.15) is 11.6 Å². The van der Waals surface area contributed by atoms with Crippen LogP contribution in [-0.2, 0) is 4.79 Å². The van der Waals surface area contributed by atoms with Gasteiger partial charge in [0.15, 0.2) is 6.61 Å². The van der Waals surface area contributed by atoms with E-state index < -0.39 is 0 Å². The topological polar surface area (TPSA) is 58.6 Å². The Morgan fingerprint density at radius 1 is 1.35 bits per heavy atom. The fourth-order valence-corrected chi connectivity index (χ4v) is 1.71. The molecule has 1 aromatic rings. The van der Waals surface area contributed by atoms with Crippen molar-refractivity contribution in [2.75, 3.05) is 19.8 Å². The molecule has 5 heteroatoms. The molecule has 0 bridgehead atoms. The maximum atomic E-state index is 12.7. The van der Waals surface area contributed by atoms with Gasteiger partial charge in [0.05, 0.1) is 0 Å². The normalized spacial score (nSPS) is 11.2. The van der Waals surface area contributed by atoms with Gasteiger partial charge in [-0.1, -0.05) is 13.8 Å². The quantitative estimate of drug-likeness (QED) is 0.768. The summed E-state index contributed by atoms with van der Waals surface area (Å²) in [7, 11) is 0. The van der Waals surface area contributed by atoms with E-state index in [0.717, 1.165) is 12.8 Å². The fourth-order valence-electron chi connectivity index (χ4n) is 1.71. The third kappa shape index (κ3) is 6.52. The van der Waals surface area contributed by atoms with Crippen molar-refractivity contribution in [2.24, 2.45) is 5.41 Å². The van der Waals surface area contributed by atoms with E-state index in [1.165, 1.54) is 24.3 Å². The number of hydrogen-bond donors (Lipinski definition) is 2. The molecule has 1 aromatic carbocycles. The van der Waals surface area contributed by atoms with Crippen molar-refractivity contribution in [1.82, 2.24) is 5.32 Å². The maximum absolute atomic E-state index is 12.7. The summed E-state index contributed by atoms with van der Waals surface area (Å²) in [5, 5.41) is 11.6. The minimum Gasteiger partial charge on any atom is -0.484 e. The number of aliphatic hydroxyl groups is 1. The summed E-state index contributed by atoms with van der Waals surface area (Å²) < 4.78 is 17.9. The van der Waals surface area contributed by atoms with Crippen molar-refractivity contribution in [2.45, 2.75) is 26.7 Å². The Balaban J connectivity index is 2.28. The first-order chi connectivity index (χ1) is 9.43. The highest BCUT2D eigenvalue weighted by Crippen LogP contribution is 2.20. The van der Waals surface area contributed by atoms with Crippen molar-refractivity contribution in [3.63, 3.8) is 0 Å². The maximum Gasteiger partial charge on any atom is 0.257 e. The standard InChI is InChI=1S/C15H22FNO3/c1-15(2,8-3-9-18)11-17-14(19)10-20-13-6-4-12(16)5-7-13/h4-7,18H,3,8-11H2,1-2H3,(H,17,19). The van der Waals surface area contributed by atoms with Crippen LogP contribution in [0.25, 0.3) is 0 Å². The molecule has 0 fully saturated rings. The molecule has 2 N–H and O–H groups in total. The zero-order valence-corrected chi connectivity index (χ0v) is 12.0. The van der Waals surface area contributed by atoms with Crippen LogP contribution in [0.2, 0.25) is 0 Å². The molecule has 20 heavy (non-hydrogen) atoms. The molecule has 0 atom stereocenters. The second kappa shape index (κ2) is 7.85. The number of ether oxygens (including phenoxy) is 1. The molecule has 112 valence electrons. The first-order valence-corrected chi connectivity index (χ1v) is 6.69.